The van der Waals surface area contributed by atoms with Crippen LogP contribution in [0.4, 0.5) is 0 Å². The molecule has 3 nitrogen and oxygen atoms in total. The zero-order valence-electron chi connectivity index (χ0n) is 24.5. The highest BCUT2D eigenvalue weighted by atomic mass is 79.9. The smallest absolute Gasteiger partial charge is 0.305 e. The third-order valence-electron chi connectivity index (χ3n) is 7.31. The molecule has 0 N–H and O–H groups in total. The second-order valence-electron chi connectivity index (χ2n) is 11.4. The van der Waals surface area contributed by atoms with Crippen LogP contribution >= 0.6 is 0 Å². The second kappa shape index (κ2) is 28.5. The van der Waals surface area contributed by atoms with Gasteiger partial charge >= 0.3 is 5.97 Å². The van der Waals surface area contributed by atoms with E-state index in [1.165, 1.54) is 135 Å². The first kappa shape index (κ1) is 37.1. The van der Waals surface area contributed by atoms with Crippen LogP contribution in [0.5, 0.6) is 0 Å². The Labute approximate surface area is 231 Å². The summed E-state index contributed by atoms with van der Waals surface area (Å²) in [4.78, 5) is 11.9. The molecule has 0 aliphatic rings. The summed E-state index contributed by atoms with van der Waals surface area (Å²) in [5.74, 6) is -0.00194. The minimum Gasteiger partial charge on any atom is -1.00 e. The number of unbranched alkanes of at least 4 members (excludes halogenated alkanes) is 20. The third kappa shape index (κ3) is 30.0. The first-order valence-corrected chi connectivity index (χ1v) is 15.5. The van der Waals surface area contributed by atoms with Crippen LogP contribution < -0.4 is 17.0 Å². The topological polar surface area (TPSA) is 26.3 Å². The number of hydrogen-bond acceptors (Lipinski definition) is 2. The van der Waals surface area contributed by atoms with E-state index in [4.69, 9.17) is 4.74 Å². The molecule has 0 rings (SSSR count). The minimum absolute atomic E-state index is 0. The van der Waals surface area contributed by atoms with Gasteiger partial charge in [0, 0.05) is 6.42 Å². The number of nitrogens with zero attached hydrogens (tertiary/aromatic N) is 1. The fourth-order valence-electron chi connectivity index (χ4n) is 4.73. The number of ether oxygens (including phenoxy) is 1. The Morgan fingerprint density at radius 3 is 1.26 bits per heavy atom. The summed E-state index contributed by atoms with van der Waals surface area (Å²) in [6, 6.07) is 0. The van der Waals surface area contributed by atoms with Crippen LogP contribution in [-0.4, -0.2) is 44.2 Å². The van der Waals surface area contributed by atoms with E-state index < -0.39 is 0 Å². The Hall–Kier alpha value is -0.0900. The average molecular weight is 563 g/mol. The van der Waals surface area contributed by atoms with Crippen LogP contribution in [0, 0.1) is 0 Å². The Kier molecular flexibility index (Phi) is 30.2. The largest absolute Gasteiger partial charge is 1.00 e. The normalized spacial score (nSPS) is 11.4. The maximum absolute atomic E-state index is 11.9. The van der Waals surface area contributed by atoms with E-state index in [0.717, 1.165) is 23.9 Å². The number of carbonyl (C=O) groups excluding carboxylic acids is 1. The lowest BCUT2D eigenvalue weighted by Crippen LogP contribution is -3.00. The molecule has 4 heteroatoms. The van der Waals surface area contributed by atoms with Crippen LogP contribution in [0.1, 0.15) is 162 Å². The lowest BCUT2D eigenvalue weighted by Gasteiger charge is -2.29. The average Bonchev–Trinajstić information content (AvgIpc) is 2.81. The Bertz CT molecular complexity index is 428. The van der Waals surface area contributed by atoms with Crippen molar-refractivity contribution in [1.82, 2.24) is 0 Å². The van der Waals surface area contributed by atoms with E-state index in [0.29, 0.717) is 13.0 Å². The quantitative estimate of drug-likeness (QED) is 0.0639. The fourth-order valence-corrected chi connectivity index (χ4v) is 4.73. The molecule has 212 valence electrons. The van der Waals surface area contributed by atoms with Crippen LogP contribution in [0.2, 0.25) is 0 Å². The zero-order chi connectivity index (χ0) is 25.2. The molecule has 0 saturated heterocycles. The van der Waals surface area contributed by atoms with Gasteiger partial charge in [-0.25, -0.2) is 0 Å². The van der Waals surface area contributed by atoms with Crippen molar-refractivity contribution in [2.24, 2.45) is 0 Å². The molecule has 0 saturated carbocycles. The summed E-state index contributed by atoms with van der Waals surface area (Å²) < 4.78 is 6.45. The van der Waals surface area contributed by atoms with Gasteiger partial charge in [-0.2, -0.15) is 0 Å². The van der Waals surface area contributed by atoms with Gasteiger partial charge in [0.1, 0.15) is 13.2 Å². The molecular formula is C31H64BrNO2. The van der Waals surface area contributed by atoms with Crippen LogP contribution in [-0.2, 0) is 9.53 Å². The lowest BCUT2D eigenvalue weighted by molar-refractivity contribution is -0.890. The van der Waals surface area contributed by atoms with Crippen LogP contribution in [0.3, 0.4) is 0 Å². The van der Waals surface area contributed by atoms with Crippen molar-refractivity contribution < 1.29 is 31.0 Å². The third-order valence-corrected chi connectivity index (χ3v) is 7.31. The number of hydrogen-bond donors (Lipinski definition) is 0. The summed E-state index contributed by atoms with van der Waals surface area (Å²) in [6.07, 6.45) is 30.6. The molecule has 0 aromatic carbocycles. The summed E-state index contributed by atoms with van der Waals surface area (Å²) in [5.41, 5.74) is 0. The van der Waals surface area contributed by atoms with Crippen molar-refractivity contribution in [2.75, 3.05) is 33.8 Å². The van der Waals surface area contributed by atoms with Gasteiger partial charge in [-0.15, -0.1) is 0 Å². The first-order valence-electron chi connectivity index (χ1n) is 15.5. The van der Waals surface area contributed by atoms with Gasteiger partial charge in [-0.3, -0.25) is 4.79 Å². The predicted octanol–water partition coefficient (Wildman–Crippen LogP) is 6.62. The molecule has 0 heterocycles. The van der Waals surface area contributed by atoms with Crippen molar-refractivity contribution in [3.05, 3.63) is 0 Å². The number of halogens is 1. The Morgan fingerprint density at radius 2 is 0.857 bits per heavy atom. The molecule has 0 amide bonds. The van der Waals surface area contributed by atoms with Gasteiger partial charge in [-0.05, 0) is 19.3 Å². The molecular weight excluding hydrogens is 498 g/mol. The summed E-state index contributed by atoms with van der Waals surface area (Å²) in [5, 5.41) is 0. The van der Waals surface area contributed by atoms with Crippen molar-refractivity contribution in [3.8, 4) is 0 Å². The molecule has 0 spiro atoms. The highest BCUT2D eigenvalue weighted by molar-refractivity contribution is 5.69. The summed E-state index contributed by atoms with van der Waals surface area (Å²) in [6.45, 7) is 7.22. The van der Waals surface area contributed by atoms with E-state index in [-0.39, 0.29) is 23.0 Å². The fraction of sp³-hybridized carbons (Fsp3) is 0.968. The highest BCUT2D eigenvalue weighted by Crippen LogP contribution is 2.14. The first-order chi connectivity index (χ1) is 16.5. The summed E-state index contributed by atoms with van der Waals surface area (Å²) >= 11 is 0. The highest BCUT2D eigenvalue weighted by Gasteiger charge is 2.15. The lowest BCUT2D eigenvalue weighted by atomic mass is 10.0. The number of esters is 1. The molecule has 0 unspecified atom stereocenters. The van der Waals surface area contributed by atoms with E-state index in [1.54, 1.807) is 0 Å². The molecule has 0 aromatic heterocycles. The Balaban J connectivity index is 0. The van der Waals surface area contributed by atoms with Crippen molar-refractivity contribution in [3.63, 3.8) is 0 Å². The number of likely N-dealkylation sites (N-methyl/N-ethyl adjacent to an activating group) is 1. The minimum atomic E-state index is -0.00194. The van der Waals surface area contributed by atoms with Gasteiger partial charge in [0.05, 0.1) is 20.6 Å². The molecule has 0 bridgehead atoms. The van der Waals surface area contributed by atoms with Gasteiger partial charge < -0.3 is 26.2 Å². The van der Waals surface area contributed by atoms with Gasteiger partial charge in [0.25, 0.3) is 0 Å². The van der Waals surface area contributed by atoms with E-state index in [2.05, 4.69) is 27.9 Å². The SMILES string of the molecule is CCCCCCCCCCCCCCCCCC[N+](C)(C)CCOC(=O)CCCCCCCC.[Br-]. The number of quaternary nitrogens is 1. The summed E-state index contributed by atoms with van der Waals surface area (Å²) in [7, 11) is 4.54. The zero-order valence-corrected chi connectivity index (χ0v) is 26.1. The van der Waals surface area contributed by atoms with Crippen LogP contribution in [0.25, 0.3) is 0 Å². The molecule has 0 fully saturated rings. The van der Waals surface area contributed by atoms with Gasteiger partial charge in [0.2, 0.25) is 0 Å². The standard InChI is InChI=1S/C31H64NO2.BrH/c1-5-7-9-11-13-14-15-16-17-18-19-20-21-22-24-26-28-32(3,4)29-30-34-31(33)27-25-23-12-10-8-6-2;/h5-30H2,1-4H3;1H/q+1;/p-1. The van der Waals surface area contributed by atoms with E-state index >= 15 is 0 Å². The maximum atomic E-state index is 11.9. The Morgan fingerprint density at radius 1 is 0.514 bits per heavy atom. The number of rotatable bonds is 27. The monoisotopic (exact) mass is 561 g/mol. The molecule has 0 radical (unpaired) electrons. The molecule has 0 aromatic rings. The maximum Gasteiger partial charge on any atom is 0.305 e. The second-order valence-corrected chi connectivity index (χ2v) is 11.4. The van der Waals surface area contributed by atoms with Crippen molar-refractivity contribution in [1.29, 1.82) is 0 Å². The molecule has 0 atom stereocenters. The van der Waals surface area contributed by atoms with Crippen LogP contribution in [0.15, 0.2) is 0 Å². The van der Waals surface area contributed by atoms with Gasteiger partial charge in [-0.1, -0.05) is 136 Å². The van der Waals surface area contributed by atoms with Crippen molar-refractivity contribution in [2.45, 2.75) is 162 Å². The molecule has 35 heavy (non-hydrogen) atoms. The predicted molar refractivity (Wildman–Crippen MR) is 150 cm³/mol. The van der Waals surface area contributed by atoms with E-state index in [9.17, 15) is 4.79 Å². The van der Waals surface area contributed by atoms with Gasteiger partial charge in [0.15, 0.2) is 0 Å². The molecule has 0 aliphatic heterocycles. The van der Waals surface area contributed by atoms with E-state index in [1.807, 2.05) is 0 Å². The van der Waals surface area contributed by atoms with Crippen molar-refractivity contribution >= 4 is 5.97 Å². The number of carbonyl (C=O) groups is 1. The molecule has 0 aliphatic carbocycles.